The molecule has 2 rings (SSSR count). The highest BCUT2D eigenvalue weighted by atomic mass is 16.5. The monoisotopic (exact) mass is 254 g/mol. The van der Waals surface area contributed by atoms with Gasteiger partial charge in [-0.1, -0.05) is 32.1 Å². The van der Waals surface area contributed by atoms with Gasteiger partial charge in [-0.2, -0.15) is 0 Å². The Labute approximate surface area is 110 Å². The molecule has 0 spiro atoms. The lowest BCUT2D eigenvalue weighted by Crippen LogP contribution is -2.34. The molecule has 3 unspecified atom stereocenters. The standard InChI is InChI=1S/C14H26N2O2/c1-18-11(9-15)7-14(17)16-13-8-12(13)10-5-3-2-4-6-10/h10-13H,2-9,15H2,1H3,(H,16,17). The molecule has 0 aliphatic heterocycles. The van der Waals surface area contributed by atoms with Gasteiger partial charge in [-0.05, 0) is 18.3 Å². The number of carbonyl (C=O) groups excluding carboxylic acids is 1. The van der Waals surface area contributed by atoms with Crippen molar-refractivity contribution in [2.24, 2.45) is 17.6 Å². The van der Waals surface area contributed by atoms with Gasteiger partial charge in [0.15, 0.2) is 0 Å². The zero-order chi connectivity index (χ0) is 13.0. The minimum absolute atomic E-state index is 0.0932. The average molecular weight is 254 g/mol. The summed E-state index contributed by atoms with van der Waals surface area (Å²) < 4.78 is 5.13. The number of methoxy groups -OCH3 is 1. The normalized spacial score (nSPS) is 29.9. The van der Waals surface area contributed by atoms with E-state index in [0.717, 1.165) is 11.8 Å². The summed E-state index contributed by atoms with van der Waals surface area (Å²) in [6, 6.07) is 0.427. The predicted octanol–water partition coefficient (Wildman–Crippen LogP) is 1.44. The summed E-state index contributed by atoms with van der Waals surface area (Å²) in [4.78, 5) is 11.8. The minimum Gasteiger partial charge on any atom is -0.380 e. The van der Waals surface area contributed by atoms with E-state index in [-0.39, 0.29) is 12.0 Å². The molecule has 2 fully saturated rings. The predicted molar refractivity (Wildman–Crippen MR) is 71.1 cm³/mol. The molecule has 18 heavy (non-hydrogen) atoms. The van der Waals surface area contributed by atoms with E-state index in [2.05, 4.69) is 5.32 Å². The Balaban J connectivity index is 1.67. The summed E-state index contributed by atoms with van der Waals surface area (Å²) in [5, 5.41) is 3.13. The van der Waals surface area contributed by atoms with E-state index in [0.29, 0.717) is 19.0 Å². The van der Waals surface area contributed by atoms with Crippen molar-refractivity contribution in [2.45, 2.75) is 57.1 Å². The number of rotatable bonds is 6. The first-order chi connectivity index (χ1) is 8.74. The largest absolute Gasteiger partial charge is 0.380 e. The maximum Gasteiger partial charge on any atom is 0.222 e. The molecule has 2 saturated carbocycles. The maximum atomic E-state index is 11.8. The maximum absolute atomic E-state index is 11.8. The lowest BCUT2D eigenvalue weighted by Gasteiger charge is -2.21. The van der Waals surface area contributed by atoms with Crippen molar-refractivity contribution >= 4 is 5.91 Å². The zero-order valence-electron chi connectivity index (χ0n) is 11.4. The molecule has 0 bridgehead atoms. The molecule has 2 aliphatic rings. The number of nitrogens with two attached hydrogens (primary N) is 1. The Morgan fingerprint density at radius 3 is 2.72 bits per heavy atom. The lowest BCUT2D eigenvalue weighted by atomic mass is 9.85. The second-order valence-electron chi connectivity index (χ2n) is 5.77. The molecule has 3 N–H and O–H groups in total. The Bertz CT molecular complexity index is 273. The molecule has 0 saturated heterocycles. The van der Waals surface area contributed by atoms with Crippen LogP contribution in [0.25, 0.3) is 0 Å². The van der Waals surface area contributed by atoms with E-state index in [4.69, 9.17) is 10.5 Å². The second-order valence-corrected chi connectivity index (χ2v) is 5.77. The van der Waals surface area contributed by atoms with Gasteiger partial charge in [-0.3, -0.25) is 4.79 Å². The number of carbonyl (C=O) groups is 1. The molecule has 4 heteroatoms. The Morgan fingerprint density at radius 1 is 1.39 bits per heavy atom. The number of hydrogen-bond donors (Lipinski definition) is 2. The third-order valence-corrected chi connectivity index (χ3v) is 4.45. The zero-order valence-corrected chi connectivity index (χ0v) is 11.4. The van der Waals surface area contributed by atoms with E-state index in [1.807, 2.05) is 0 Å². The molecular weight excluding hydrogens is 228 g/mol. The first-order valence-corrected chi connectivity index (χ1v) is 7.26. The number of hydrogen-bond acceptors (Lipinski definition) is 3. The number of nitrogens with one attached hydrogen (secondary N) is 1. The van der Waals surface area contributed by atoms with Crippen LogP contribution in [0.1, 0.15) is 44.9 Å². The van der Waals surface area contributed by atoms with Crippen molar-refractivity contribution in [3.05, 3.63) is 0 Å². The summed E-state index contributed by atoms with van der Waals surface area (Å²) in [5.74, 6) is 1.69. The molecule has 104 valence electrons. The van der Waals surface area contributed by atoms with Crippen LogP contribution in [-0.4, -0.2) is 31.7 Å². The SMILES string of the molecule is COC(CN)CC(=O)NC1CC1C1CCCCC1. The van der Waals surface area contributed by atoms with Crippen molar-refractivity contribution in [3.8, 4) is 0 Å². The summed E-state index contributed by atoms with van der Waals surface area (Å²) in [6.07, 6.45) is 8.30. The highest BCUT2D eigenvalue weighted by Crippen LogP contribution is 2.44. The Kier molecular flexibility index (Phi) is 5.01. The van der Waals surface area contributed by atoms with Crippen molar-refractivity contribution in [2.75, 3.05) is 13.7 Å². The summed E-state index contributed by atoms with van der Waals surface area (Å²) in [5.41, 5.74) is 5.52. The number of ether oxygens (including phenoxy) is 1. The van der Waals surface area contributed by atoms with E-state index in [9.17, 15) is 4.79 Å². The van der Waals surface area contributed by atoms with Crippen LogP contribution in [0.5, 0.6) is 0 Å². The lowest BCUT2D eigenvalue weighted by molar-refractivity contribution is -0.123. The highest BCUT2D eigenvalue weighted by molar-refractivity contribution is 5.77. The fraction of sp³-hybridized carbons (Fsp3) is 0.929. The second kappa shape index (κ2) is 6.53. The molecule has 0 aromatic rings. The van der Waals surface area contributed by atoms with Gasteiger partial charge in [0, 0.05) is 19.7 Å². The molecule has 2 aliphatic carbocycles. The van der Waals surface area contributed by atoms with Crippen molar-refractivity contribution in [1.29, 1.82) is 0 Å². The molecule has 0 aromatic heterocycles. The van der Waals surface area contributed by atoms with Crippen molar-refractivity contribution in [3.63, 3.8) is 0 Å². The van der Waals surface area contributed by atoms with Crippen LogP contribution in [0, 0.1) is 11.8 Å². The van der Waals surface area contributed by atoms with Gasteiger partial charge >= 0.3 is 0 Å². The third-order valence-electron chi connectivity index (χ3n) is 4.45. The molecule has 0 heterocycles. The summed E-state index contributed by atoms with van der Waals surface area (Å²) in [7, 11) is 1.60. The van der Waals surface area contributed by atoms with E-state index in [1.54, 1.807) is 7.11 Å². The molecular formula is C14H26N2O2. The Morgan fingerprint density at radius 2 is 2.11 bits per heavy atom. The smallest absolute Gasteiger partial charge is 0.222 e. The Hall–Kier alpha value is -0.610. The van der Waals surface area contributed by atoms with Gasteiger partial charge < -0.3 is 15.8 Å². The highest BCUT2D eigenvalue weighted by Gasteiger charge is 2.43. The number of amides is 1. The summed E-state index contributed by atoms with van der Waals surface area (Å²) >= 11 is 0. The first kappa shape index (κ1) is 13.8. The third kappa shape index (κ3) is 3.69. The van der Waals surface area contributed by atoms with Gasteiger partial charge in [-0.15, -0.1) is 0 Å². The van der Waals surface area contributed by atoms with E-state index >= 15 is 0 Å². The quantitative estimate of drug-likeness (QED) is 0.754. The van der Waals surface area contributed by atoms with Gasteiger partial charge in [-0.25, -0.2) is 0 Å². The van der Waals surface area contributed by atoms with Gasteiger partial charge in [0.2, 0.25) is 5.91 Å². The van der Waals surface area contributed by atoms with Gasteiger partial charge in [0.25, 0.3) is 0 Å². The fourth-order valence-electron chi connectivity index (χ4n) is 3.20. The molecule has 0 aromatic carbocycles. The van der Waals surface area contributed by atoms with Crippen LogP contribution < -0.4 is 11.1 Å². The van der Waals surface area contributed by atoms with Crippen LogP contribution in [0.2, 0.25) is 0 Å². The molecule has 1 amide bonds. The molecule has 0 radical (unpaired) electrons. The van der Waals surface area contributed by atoms with Crippen LogP contribution in [0.4, 0.5) is 0 Å². The average Bonchev–Trinajstić information content (AvgIpc) is 3.16. The summed E-state index contributed by atoms with van der Waals surface area (Å²) in [6.45, 7) is 0.403. The first-order valence-electron chi connectivity index (χ1n) is 7.26. The topological polar surface area (TPSA) is 64.3 Å². The van der Waals surface area contributed by atoms with Gasteiger partial charge in [0.05, 0.1) is 12.5 Å². The van der Waals surface area contributed by atoms with Crippen LogP contribution in [0.15, 0.2) is 0 Å². The van der Waals surface area contributed by atoms with E-state index in [1.165, 1.54) is 38.5 Å². The minimum atomic E-state index is -0.142. The van der Waals surface area contributed by atoms with Crippen LogP contribution >= 0.6 is 0 Å². The fourth-order valence-corrected chi connectivity index (χ4v) is 3.20. The van der Waals surface area contributed by atoms with E-state index < -0.39 is 0 Å². The van der Waals surface area contributed by atoms with Gasteiger partial charge in [0.1, 0.15) is 0 Å². The molecule has 3 atom stereocenters. The van der Waals surface area contributed by atoms with Crippen LogP contribution in [0.3, 0.4) is 0 Å². The molecule has 4 nitrogen and oxygen atoms in total. The van der Waals surface area contributed by atoms with Crippen molar-refractivity contribution in [1.82, 2.24) is 5.32 Å². The van der Waals surface area contributed by atoms with Crippen molar-refractivity contribution < 1.29 is 9.53 Å². The van der Waals surface area contributed by atoms with Crippen LogP contribution in [-0.2, 0) is 9.53 Å².